The Labute approximate surface area is 80.9 Å². The van der Waals surface area contributed by atoms with Crippen molar-refractivity contribution in [1.82, 2.24) is 0 Å². The van der Waals surface area contributed by atoms with E-state index in [-0.39, 0.29) is 0 Å². The monoisotopic (exact) mass is 196 g/mol. The van der Waals surface area contributed by atoms with Crippen LogP contribution in [0.25, 0.3) is 9.40 Å². The van der Waals surface area contributed by atoms with Crippen molar-refractivity contribution in [3.8, 4) is 0 Å². The minimum absolute atomic E-state index is 1.47. The highest BCUT2D eigenvalue weighted by Crippen LogP contribution is 2.39. The van der Waals surface area contributed by atoms with Gasteiger partial charge in [0, 0.05) is 19.2 Å². The lowest BCUT2D eigenvalue weighted by Gasteiger charge is -1.87. The van der Waals surface area contributed by atoms with Crippen molar-refractivity contribution in [2.45, 2.75) is 27.7 Å². The van der Waals surface area contributed by atoms with E-state index in [1.165, 1.54) is 30.3 Å². The molecule has 0 amide bonds. The fraction of sp³-hybridized carbons (Fsp3) is 0.400. The van der Waals surface area contributed by atoms with Gasteiger partial charge < -0.3 is 0 Å². The van der Waals surface area contributed by atoms with Gasteiger partial charge in [-0.25, -0.2) is 0 Å². The average Bonchev–Trinajstić information content (AvgIpc) is 2.43. The third-order valence-corrected chi connectivity index (χ3v) is 5.24. The first kappa shape index (κ1) is 8.27. The highest BCUT2D eigenvalue weighted by Gasteiger charge is 2.11. The molecule has 0 aliphatic heterocycles. The van der Waals surface area contributed by atoms with E-state index in [9.17, 15) is 0 Å². The molecule has 0 aliphatic rings. The Morgan fingerprint density at radius 2 is 1.00 bits per heavy atom. The Morgan fingerprint density at radius 3 is 1.33 bits per heavy atom. The van der Waals surface area contributed by atoms with Gasteiger partial charge in [0.25, 0.3) is 0 Å². The quantitative estimate of drug-likeness (QED) is 0.592. The van der Waals surface area contributed by atoms with Gasteiger partial charge in [-0.1, -0.05) is 0 Å². The molecule has 64 valence electrons. The second-order valence-electron chi connectivity index (χ2n) is 3.22. The second kappa shape index (κ2) is 2.57. The lowest BCUT2D eigenvalue weighted by atomic mass is 10.2. The van der Waals surface area contributed by atoms with E-state index in [4.69, 9.17) is 0 Å². The van der Waals surface area contributed by atoms with Gasteiger partial charge in [0.1, 0.15) is 0 Å². The molecule has 0 bridgehead atoms. The topological polar surface area (TPSA) is 0 Å². The van der Waals surface area contributed by atoms with Crippen LogP contribution in [0.3, 0.4) is 0 Å². The fourth-order valence-corrected chi connectivity index (χ4v) is 3.97. The summed E-state index contributed by atoms with van der Waals surface area (Å²) in [5.74, 6) is 0. The molecule has 12 heavy (non-hydrogen) atoms. The summed E-state index contributed by atoms with van der Waals surface area (Å²) in [4.78, 5) is 2.94. The summed E-state index contributed by atoms with van der Waals surface area (Å²) < 4.78 is 3.01. The Kier molecular flexibility index (Phi) is 1.77. The van der Waals surface area contributed by atoms with Crippen LogP contribution in [0, 0.1) is 27.7 Å². The molecule has 0 aliphatic carbocycles. The van der Waals surface area contributed by atoms with Crippen molar-refractivity contribution < 1.29 is 0 Å². The summed E-state index contributed by atoms with van der Waals surface area (Å²) in [6.07, 6.45) is 0. The largest absolute Gasteiger partial charge is 0.139 e. The van der Waals surface area contributed by atoms with Crippen molar-refractivity contribution >= 4 is 32.1 Å². The average molecular weight is 196 g/mol. The highest BCUT2D eigenvalue weighted by molar-refractivity contribution is 7.28. The lowest BCUT2D eigenvalue weighted by molar-refractivity contribution is 1.48. The molecule has 0 nitrogen and oxygen atoms in total. The summed E-state index contributed by atoms with van der Waals surface area (Å²) in [7, 11) is 0. The third-order valence-electron chi connectivity index (χ3n) is 2.45. The summed E-state index contributed by atoms with van der Waals surface area (Å²) >= 11 is 3.87. The highest BCUT2D eigenvalue weighted by atomic mass is 32.1. The normalized spacial score (nSPS) is 11.3. The molecule has 0 fully saturated rings. The predicted octanol–water partition coefficient (Wildman–Crippen LogP) is 4.20. The molecule has 0 aromatic carbocycles. The maximum absolute atomic E-state index is 2.23. The molecule has 2 rings (SSSR count). The Hall–Kier alpha value is -0.340. The second-order valence-corrected chi connectivity index (χ2v) is 5.67. The SMILES string of the molecule is Cc1sc2c(C)c(C)sc2c1C. The van der Waals surface area contributed by atoms with Crippen LogP contribution in [0.1, 0.15) is 20.9 Å². The van der Waals surface area contributed by atoms with E-state index >= 15 is 0 Å². The van der Waals surface area contributed by atoms with E-state index in [1.807, 2.05) is 22.7 Å². The Bertz CT molecular complexity index is 390. The molecular formula is C10H12S2. The van der Waals surface area contributed by atoms with Crippen LogP contribution < -0.4 is 0 Å². The smallest absolute Gasteiger partial charge is 0.0488 e. The number of thiophene rings is 2. The van der Waals surface area contributed by atoms with Gasteiger partial charge in [0.05, 0.1) is 0 Å². The predicted molar refractivity (Wildman–Crippen MR) is 58.7 cm³/mol. The van der Waals surface area contributed by atoms with Gasteiger partial charge in [-0.15, -0.1) is 22.7 Å². The van der Waals surface area contributed by atoms with Gasteiger partial charge in [0.15, 0.2) is 0 Å². The number of fused-ring (bicyclic) bond motifs is 1. The zero-order valence-corrected chi connectivity index (χ0v) is 9.45. The fourth-order valence-electron chi connectivity index (χ4n) is 1.37. The molecule has 0 saturated heterocycles. The van der Waals surface area contributed by atoms with Gasteiger partial charge in [-0.05, 0) is 38.8 Å². The maximum atomic E-state index is 2.23. The van der Waals surface area contributed by atoms with Crippen LogP contribution in [-0.2, 0) is 0 Å². The van der Waals surface area contributed by atoms with Crippen molar-refractivity contribution in [3.63, 3.8) is 0 Å². The minimum atomic E-state index is 1.47. The molecule has 2 heteroatoms. The van der Waals surface area contributed by atoms with Crippen molar-refractivity contribution in [3.05, 3.63) is 20.9 Å². The van der Waals surface area contributed by atoms with Crippen LogP contribution in [-0.4, -0.2) is 0 Å². The van der Waals surface area contributed by atoms with E-state index in [0.717, 1.165) is 0 Å². The van der Waals surface area contributed by atoms with Crippen LogP contribution >= 0.6 is 22.7 Å². The maximum Gasteiger partial charge on any atom is 0.0488 e. The van der Waals surface area contributed by atoms with E-state index in [1.54, 1.807) is 0 Å². The first-order chi connectivity index (χ1) is 5.61. The summed E-state index contributed by atoms with van der Waals surface area (Å²) in [6.45, 7) is 8.87. The summed E-state index contributed by atoms with van der Waals surface area (Å²) in [5.41, 5.74) is 2.97. The Balaban J connectivity index is 2.93. The van der Waals surface area contributed by atoms with Crippen molar-refractivity contribution in [2.75, 3.05) is 0 Å². The Morgan fingerprint density at radius 1 is 0.667 bits per heavy atom. The minimum Gasteiger partial charge on any atom is -0.139 e. The van der Waals surface area contributed by atoms with Gasteiger partial charge >= 0.3 is 0 Å². The molecule has 2 heterocycles. The van der Waals surface area contributed by atoms with E-state index in [2.05, 4.69) is 27.7 Å². The van der Waals surface area contributed by atoms with Crippen LogP contribution in [0.2, 0.25) is 0 Å². The number of rotatable bonds is 0. The summed E-state index contributed by atoms with van der Waals surface area (Å²) in [5, 5.41) is 0. The van der Waals surface area contributed by atoms with Gasteiger partial charge in [0.2, 0.25) is 0 Å². The number of aryl methyl sites for hydroxylation is 4. The summed E-state index contributed by atoms with van der Waals surface area (Å²) in [6, 6.07) is 0. The molecule has 0 N–H and O–H groups in total. The first-order valence-corrected chi connectivity index (χ1v) is 5.70. The molecule has 2 aromatic heterocycles. The van der Waals surface area contributed by atoms with E-state index < -0.39 is 0 Å². The number of hydrogen-bond acceptors (Lipinski definition) is 2. The number of hydrogen-bond donors (Lipinski definition) is 0. The zero-order valence-electron chi connectivity index (χ0n) is 7.82. The van der Waals surface area contributed by atoms with E-state index in [0.29, 0.717) is 0 Å². The van der Waals surface area contributed by atoms with Gasteiger partial charge in [-0.3, -0.25) is 0 Å². The molecule has 0 unspecified atom stereocenters. The van der Waals surface area contributed by atoms with Crippen molar-refractivity contribution in [1.29, 1.82) is 0 Å². The standard InChI is InChI=1S/C10H12S2/c1-5-7(3)11-10-6(2)8(4)12-9(5)10/h1-4H3. The van der Waals surface area contributed by atoms with Crippen LogP contribution in [0.4, 0.5) is 0 Å². The molecular weight excluding hydrogens is 184 g/mol. The molecule has 0 radical (unpaired) electrons. The lowest BCUT2D eigenvalue weighted by Crippen LogP contribution is -1.65. The zero-order chi connectivity index (χ0) is 8.88. The molecule has 2 aromatic rings. The molecule has 0 atom stereocenters. The van der Waals surface area contributed by atoms with Gasteiger partial charge in [-0.2, -0.15) is 0 Å². The van der Waals surface area contributed by atoms with Crippen LogP contribution in [0.5, 0.6) is 0 Å². The third kappa shape index (κ3) is 0.947. The molecule has 0 saturated carbocycles. The molecule has 0 spiro atoms. The van der Waals surface area contributed by atoms with Crippen LogP contribution in [0.15, 0.2) is 0 Å². The van der Waals surface area contributed by atoms with Crippen molar-refractivity contribution in [2.24, 2.45) is 0 Å². The first-order valence-electron chi connectivity index (χ1n) is 4.07.